The van der Waals surface area contributed by atoms with E-state index in [4.69, 9.17) is 11.2 Å². The third kappa shape index (κ3) is 3.24. The van der Waals surface area contributed by atoms with E-state index in [0.717, 1.165) is 19.4 Å². The van der Waals surface area contributed by atoms with Gasteiger partial charge in [0.05, 0.1) is 17.7 Å². The molecule has 1 aliphatic carbocycles. The van der Waals surface area contributed by atoms with Crippen molar-refractivity contribution < 1.29 is 4.74 Å². The highest BCUT2D eigenvalue weighted by Crippen LogP contribution is 2.43. The van der Waals surface area contributed by atoms with Crippen molar-refractivity contribution in [2.45, 2.75) is 76.0 Å². The number of hydrogen-bond acceptors (Lipinski definition) is 2. The Morgan fingerprint density at radius 2 is 2.18 bits per heavy atom. The fourth-order valence-corrected chi connectivity index (χ4v) is 3.23. The van der Waals surface area contributed by atoms with Gasteiger partial charge in [0.1, 0.15) is 0 Å². The molecule has 2 aliphatic rings. The standard InChI is InChI=1S/C15H25NO/c1-3-7-13(4-2)16-12-14-8-11-15(17-14)9-5-6-10-15/h2,13-14,16H,3,5-12H2,1H3. The van der Waals surface area contributed by atoms with Crippen LogP contribution in [0.4, 0.5) is 0 Å². The summed E-state index contributed by atoms with van der Waals surface area (Å²) in [7, 11) is 0. The molecule has 0 aromatic rings. The summed E-state index contributed by atoms with van der Waals surface area (Å²) in [5.41, 5.74) is 0.253. The number of ether oxygens (including phenoxy) is 1. The van der Waals surface area contributed by atoms with E-state index in [1.165, 1.54) is 38.5 Å². The van der Waals surface area contributed by atoms with Crippen LogP contribution in [0.5, 0.6) is 0 Å². The van der Waals surface area contributed by atoms with Crippen molar-refractivity contribution >= 4 is 0 Å². The molecule has 2 rings (SSSR count). The van der Waals surface area contributed by atoms with Gasteiger partial charge in [-0.15, -0.1) is 6.42 Å². The minimum atomic E-state index is 0.226. The van der Waals surface area contributed by atoms with Gasteiger partial charge in [0, 0.05) is 6.54 Å². The largest absolute Gasteiger partial charge is 0.370 e. The molecule has 1 saturated heterocycles. The molecule has 2 unspecified atom stereocenters. The Balaban J connectivity index is 1.72. The fourth-order valence-electron chi connectivity index (χ4n) is 3.23. The summed E-state index contributed by atoms with van der Waals surface area (Å²) in [5.74, 6) is 2.82. The first-order valence-electron chi connectivity index (χ1n) is 7.15. The second-order valence-corrected chi connectivity index (χ2v) is 5.58. The zero-order chi connectivity index (χ0) is 12.1. The van der Waals surface area contributed by atoms with E-state index in [1.807, 2.05) is 0 Å². The second-order valence-electron chi connectivity index (χ2n) is 5.58. The molecule has 17 heavy (non-hydrogen) atoms. The lowest BCUT2D eigenvalue weighted by molar-refractivity contribution is -0.0355. The van der Waals surface area contributed by atoms with Crippen LogP contribution in [0.2, 0.25) is 0 Å². The lowest BCUT2D eigenvalue weighted by Crippen LogP contribution is -2.36. The molecule has 0 aromatic carbocycles. The minimum Gasteiger partial charge on any atom is -0.370 e. The lowest BCUT2D eigenvalue weighted by atomic mass is 9.98. The van der Waals surface area contributed by atoms with Crippen LogP contribution in [0.15, 0.2) is 0 Å². The number of hydrogen-bond donors (Lipinski definition) is 1. The van der Waals surface area contributed by atoms with Gasteiger partial charge in [0.25, 0.3) is 0 Å². The molecule has 0 radical (unpaired) electrons. The summed E-state index contributed by atoms with van der Waals surface area (Å²) >= 11 is 0. The number of nitrogens with one attached hydrogen (secondary N) is 1. The van der Waals surface area contributed by atoms with Gasteiger partial charge in [-0.25, -0.2) is 0 Å². The molecule has 0 aromatic heterocycles. The zero-order valence-electron chi connectivity index (χ0n) is 11.0. The summed E-state index contributed by atoms with van der Waals surface area (Å²) in [6.45, 7) is 3.10. The summed E-state index contributed by atoms with van der Waals surface area (Å²) < 4.78 is 6.25. The molecule has 1 aliphatic heterocycles. The Labute approximate surface area is 105 Å². The molecule has 2 heteroatoms. The zero-order valence-corrected chi connectivity index (χ0v) is 11.0. The third-order valence-electron chi connectivity index (χ3n) is 4.22. The van der Waals surface area contributed by atoms with E-state index < -0.39 is 0 Å². The van der Waals surface area contributed by atoms with Crippen LogP contribution in [-0.4, -0.2) is 24.3 Å². The predicted octanol–water partition coefficient (Wildman–Crippen LogP) is 2.87. The topological polar surface area (TPSA) is 21.3 Å². The van der Waals surface area contributed by atoms with Crippen molar-refractivity contribution in [1.29, 1.82) is 0 Å². The molecule has 2 atom stereocenters. The maximum atomic E-state index is 6.25. The summed E-state index contributed by atoms with van der Waals surface area (Å²) in [6.07, 6.45) is 15.8. The molecular formula is C15H25NO. The highest BCUT2D eigenvalue weighted by molar-refractivity contribution is 4.99. The van der Waals surface area contributed by atoms with Crippen molar-refractivity contribution in [2.24, 2.45) is 0 Å². The Morgan fingerprint density at radius 1 is 1.41 bits per heavy atom. The first-order valence-corrected chi connectivity index (χ1v) is 7.15. The van der Waals surface area contributed by atoms with Crippen LogP contribution >= 0.6 is 0 Å². The summed E-state index contributed by atoms with van der Waals surface area (Å²) in [4.78, 5) is 0. The average molecular weight is 235 g/mol. The van der Waals surface area contributed by atoms with Gasteiger partial charge in [-0.3, -0.25) is 0 Å². The van der Waals surface area contributed by atoms with E-state index >= 15 is 0 Å². The van der Waals surface area contributed by atoms with E-state index in [-0.39, 0.29) is 11.6 Å². The molecule has 0 bridgehead atoms. The smallest absolute Gasteiger partial charge is 0.0708 e. The van der Waals surface area contributed by atoms with Gasteiger partial charge in [-0.05, 0) is 32.1 Å². The molecular weight excluding hydrogens is 210 g/mol. The van der Waals surface area contributed by atoms with E-state index in [0.29, 0.717) is 6.10 Å². The van der Waals surface area contributed by atoms with Crippen molar-refractivity contribution in [3.8, 4) is 12.3 Å². The van der Waals surface area contributed by atoms with Crippen LogP contribution in [0.3, 0.4) is 0 Å². The highest BCUT2D eigenvalue weighted by Gasteiger charge is 2.41. The normalized spacial score (nSPS) is 28.4. The predicted molar refractivity (Wildman–Crippen MR) is 70.8 cm³/mol. The van der Waals surface area contributed by atoms with Gasteiger partial charge in [0.15, 0.2) is 0 Å². The molecule has 2 fully saturated rings. The van der Waals surface area contributed by atoms with Crippen LogP contribution in [0.1, 0.15) is 58.3 Å². The van der Waals surface area contributed by atoms with Crippen LogP contribution in [0, 0.1) is 12.3 Å². The number of rotatable bonds is 5. The van der Waals surface area contributed by atoms with Gasteiger partial charge >= 0.3 is 0 Å². The van der Waals surface area contributed by atoms with Crippen molar-refractivity contribution in [1.82, 2.24) is 5.32 Å². The molecule has 1 heterocycles. The average Bonchev–Trinajstić information content (AvgIpc) is 2.96. The molecule has 2 nitrogen and oxygen atoms in total. The maximum Gasteiger partial charge on any atom is 0.0708 e. The Bertz CT molecular complexity index is 275. The molecule has 0 amide bonds. The van der Waals surface area contributed by atoms with Crippen molar-refractivity contribution in [3.05, 3.63) is 0 Å². The quantitative estimate of drug-likeness (QED) is 0.740. The van der Waals surface area contributed by atoms with Crippen LogP contribution in [0.25, 0.3) is 0 Å². The Morgan fingerprint density at radius 3 is 2.82 bits per heavy atom. The van der Waals surface area contributed by atoms with Crippen molar-refractivity contribution in [2.75, 3.05) is 6.54 Å². The molecule has 96 valence electrons. The van der Waals surface area contributed by atoms with E-state index in [1.54, 1.807) is 0 Å². The SMILES string of the molecule is C#CC(CCC)NCC1CCC2(CCCC2)O1. The first kappa shape index (κ1) is 12.9. The van der Waals surface area contributed by atoms with Gasteiger partial charge < -0.3 is 10.1 Å². The van der Waals surface area contributed by atoms with Gasteiger partial charge in [-0.2, -0.15) is 0 Å². The highest BCUT2D eigenvalue weighted by atomic mass is 16.5. The number of terminal acetylenes is 1. The summed E-state index contributed by atoms with van der Waals surface area (Å²) in [5, 5.41) is 3.46. The maximum absolute atomic E-state index is 6.25. The van der Waals surface area contributed by atoms with Crippen LogP contribution in [-0.2, 0) is 4.74 Å². The lowest BCUT2D eigenvalue weighted by Gasteiger charge is -2.24. The summed E-state index contributed by atoms with van der Waals surface area (Å²) in [6, 6.07) is 0.226. The molecule has 1 spiro atoms. The first-order chi connectivity index (χ1) is 8.28. The van der Waals surface area contributed by atoms with E-state index in [2.05, 4.69) is 18.2 Å². The Kier molecular flexibility index (Phi) is 4.48. The second kappa shape index (κ2) is 5.89. The molecule has 1 N–H and O–H groups in total. The van der Waals surface area contributed by atoms with E-state index in [9.17, 15) is 0 Å². The molecule has 1 saturated carbocycles. The van der Waals surface area contributed by atoms with Gasteiger partial charge in [-0.1, -0.05) is 32.1 Å². The minimum absolute atomic E-state index is 0.226. The monoisotopic (exact) mass is 235 g/mol. The fraction of sp³-hybridized carbons (Fsp3) is 0.867. The Hall–Kier alpha value is -0.520. The van der Waals surface area contributed by atoms with Crippen molar-refractivity contribution in [3.63, 3.8) is 0 Å². The van der Waals surface area contributed by atoms with Crippen LogP contribution < -0.4 is 5.32 Å². The third-order valence-corrected chi connectivity index (χ3v) is 4.22. The van der Waals surface area contributed by atoms with Gasteiger partial charge in [0.2, 0.25) is 0 Å².